The third-order valence-corrected chi connectivity index (χ3v) is 5.70. The van der Waals surface area contributed by atoms with Gasteiger partial charge in [0.2, 0.25) is 0 Å². The first-order chi connectivity index (χ1) is 9.18. The topological polar surface area (TPSA) is 35.5 Å². The van der Waals surface area contributed by atoms with Crippen LogP contribution in [0.1, 0.15) is 65.2 Å². The molecule has 0 spiro atoms. The van der Waals surface area contributed by atoms with E-state index >= 15 is 0 Å². The van der Waals surface area contributed by atoms with Gasteiger partial charge in [-0.1, -0.05) is 54.5 Å². The quantitative estimate of drug-likeness (QED) is 0.225. The lowest BCUT2D eigenvalue weighted by atomic mass is 10.1. The molecule has 0 atom stereocenters. The van der Waals surface area contributed by atoms with E-state index in [-0.39, 0.29) is 0 Å². The normalized spacial score (nSPS) is 11.9. The second kappa shape index (κ2) is 13.6. The Balaban J connectivity index is 3.47. The molecule has 0 bridgehead atoms. The number of hydrogen-bond acceptors (Lipinski definition) is 3. The van der Waals surface area contributed by atoms with E-state index in [0.29, 0.717) is 19.4 Å². The molecular formula is C14H30BrO3P. The maximum atomic E-state index is 12.2. The largest absolute Gasteiger partial charge is 0.330 e. The first-order valence-corrected chi connectivity index (χ1v) is 10.5. The second-order valence-corrected chi connectivity index (χ2v) is 7.67. The Labute approximate surface area is 127 Å². The third-order valence-electron chi connectivity index (χ3n) is 2.97. The molecule has 0 N–H and O–H groups in total. The Morgan fingerprint density at radius 2 is 1.21 bits per heavy atom. The molecule has 0 aromatic rings. The molecule has 0 unspecified atom stereocenters. The minimum absolute atomic E-state index is 0.463. The van der Waals surface area contributed by atoms with E-state index in [1.165, 1.54) is 38.5 Å². The lowest BCUT2D eigenvalue weighted by Gasteiger charge is -2.16. The fraction of sp³-hybridized carbons (Fsp3) is 1.00. The zero-order chi connectivity index (χ0) is 14.4. The van der Waals surface area contributed by atoms with Gasteiger partial charge in [0.25, 0.3) is 0 Å². The summed E-state index contributed by atoms with van der Waals surface area (Å²) in [4.78, 5) is 0. The van der Waals surface area contributed by atoms with Crippen LogP contribution in [0.2, 0.25) is 0 Å². The van der Waals surface area contributed by atoms with Gasteiger partial charge in [-0.3, -0.25) is 4.57 Å². The van der Waals surface area contributed by atoms with Gasteiger partial charge in [-0.25, -0.2) is 0 Å². The van der Waals surface area contributed by atoms with Crippen molar-refractivity contribution in [2.45, 2.75) is 65.2 Å². The highest BCUT2D eigenvalue weighted by atomic mass is 79.9. The molecule has 0 aliphatic rings. The summed E-state index contributed by atoms with van der Waals surface area (Å²) in [6.45, 7) is 4.65. The van der Waals surface area contributed by atoms with Crippen molar-refractivity contribution in [1.29, 1.82) is 0 Å². The van der Waals surface area contributed by atoms with Crippen LogP contribution in [-0.4, -0.2) is 24.7 Å². The molecule has 19 heavy (non-hydrogen) atoms. The van der Waals surface area contributed by atoms with Crippen LogP contribution in [0.3, 0.4) is 0 Å². The number of unbranched alkanes of at least 4 members (excludes halogenated alkanes) is 7. The summed E-state index contributed by atoms with van der Waals surface area (Å²) in [7, 11) is -2.79. The number of halogens is 1. The van der Waals surface area contributed by atoms with Gasteiger partial charge in [-0.2, -0.15) is 0 Å². The molecular weight excluding hydrogens is 327 g/mol. The fourth-order valence-electron chi connectivity index (χ4n) is 2.02. The van der Waals surface area contributed by atoms with Crippen molar-refractivity contribution >= 4 is 23.5 Å². The van der Waals surface area contributed by atoms with Crippen molar-refractivity contribution in [1.82, 2.24) is 0 Å². The van der Waals surface area contributed by atoms with Crippen LogP contribution < -0.4 is 0 Å². The Morgan fingerprint density at radius 3 is 1.63 bits per heavy atom. The SMILES string of the molecule is CCOP(=O)(CCCCCCCCCCBr)OCC. The van der Waals surface area contributed by atoms with Crippen molar-refractivity contribution in [2.24, 2.45) is 0 Å². The Kier molecular flexibility index (Phi) is 14.1. The average molecular weight is 357 g/mol. The van der Waals surface area contributed by atoms with Gasteiger partial charge in [-0.15, -0.1) is 0 Å². The van der Waals surface area contributed by atoms with Gasteiger partial charge in [0.05, 0.1) is 19.4 Å². The van der Waals surface area contributed by atoms with Gasteiger partial charge >= 0.3 is 7.60 Å². The fourth-order valence-corrected chi connectivity index (χ4v) is 4.15. The van der Waals surface area contributed by atoms with Crippen molar-refractivity contribution in [2.75, 3.05) is 24.7 Å². The van der Waals surface area contributed by atoms with E-state index in [0.717, 1.165) is 18.2 Å². The summed E-state index contributed by atoms with van der Waals surface area (Å²) < 4.78 is 22.7. The molecule has 0 heterocycles. The average Bonchev–Trinajstić information content (AvgIpc) is 2.37. The zero-order valence-corrected chi connectivity index (χ0v) is 15.0. The van der Waals surface area contributed by atoms with E-state index < -0.39 is 7.60 Å². The zero-order valence-electron chi connectivity index (χ0n) is 12.5. The molecule has 0 rings (SSSR count). The van der Waals surface area contributed by atoms with E-state index in [1.54, 1.807) is 0 Å². The monoisotopic (exact) mass is 356 g/mol. The first kappa shape index (κ1) is 19.6. The van der Waals surface area contributed by atoms with Crippen LogP contribution in [0, 0.1) is 0 Å². The standard InChI is InChI=1S/C14H30BrO3P/c1-3-17-19(16,18-4-2)14-12-10-8-6-5-7-9-11-13-15/h3-14H2,1-2H3. The molecule has 0 radical (unpaired) electrons. The first-order valence-electron chi connectivity index (χ1n) is 7.62. The number of rotatable bonds is 14. The van der Waals surface area contributed by atoms with E-state index in [9.17, 15) is 4.57 Å². The van der Waals surface area contributed by atoms with Crippen LogP contribution in [0.15, 0.2) is 0 Å². The molecule has 0 amide bonds. The van der Waals surface area contributed by atoms with E-state index in [2.05, 4.69) is 15.9 Å². The third kappa shape index (κ3) is 12.1. The van der Waals surface area contributed by atoms with Gasteiger partial charge in [0, 0.05) is 5.33 Å². The highest BCUT2D eigenvalue weighted by molar-refractivity contribution is 9.09. The minimum atomic E-state index is -2.79. The van der Waals surface area contributed by atoms with Gasteiger partial charge in [0.1, 0.15) is 0 Å². The van der Waals surface area contributed by atoms with Crippen LogP contribution >= 0.6 is 23.5 Å². The van der Waals surface area contributed by atoms with Gasteiger partial charge < -0.3 is 9.05 Å². The molecule has 116 valence electrons. The van der Waals surface area contributed by atoms with E-state index in [1.807, 2.05) is 13.8 Å². The predicted octanol–water partition coefficient (Wildman–Crippen LogP) is 5.77. The lowest BCUT2D eigenvalue weighted by Crippen LogP contribution is -2.00. The van der Waals surface area contributed by atoms with E-state index in [4.69, 9.17) is 9.05 Å². The molecule has 5 heteroatoms. The molecule has 0 saturated heterocycles. The molecule has 0 aliphatic heterocycles. The van der Waals surface area contributed by atoms with Crippen molar-refractivity contribution in [3.8, 4) is 0 Å². The number of hydrogen-bond donors (Lipinski definition) is 0. The Hall–Kier alpha value is 0.630. The summed E-state index contributed by atoms with van der Waals surface area (Å²) in [5.74, 6) is 0. The summed E-state index contributed by atoms with van der Waals surface area (Å²) >= 11 is 3.45. The van der Waals surface area contributed by atoms with Gasteiger partial charge in [-0.05, 0) is 26.7 Å². The predicted molar refractivity (Wildman–Crippen MR) is 86.5 cm³/mol. The second-order valence-electron chi connectivity index (χ2n) is 4.69. The van der Waals surface area contributed by atoms with Crippen LogP contribution in [0.4, 0.5) is 0 Å². The lowest BCUT2D eigenvalue weighted by molar-refractivity contribution is 0.219. The molecule has 0 aromatic heterocycles. The minimum Gasteiger partial charge on any atom is -0.309 e. The molecule has 0 aliphatic carbocycles. The Morgan fingerprint density at radius 1 is 0.789 bits per heavy atom. The molecule has 0 fully saturated rings. The summed E-state index contributed by atoms with van der Waals surface area (Å²) in [5.41, 5.74) is 0. The molecule has 0 aromatic carbocycles. The Bertz CT molecular complexity index is 227. The van der Waals surface area contributed by atoms with Crippen molar-refractivity contribution < 1.29 is 13.6 Å². The summed E-state index contributed by atoms with van der Waals surface area (Å²) in [6.07, 6.45) is 10.4. The van der Waals surface area contributed by atoms with Crippen molar-refractivity contribution in [3.63, 3.8) is 0 Å². The highest BCUT2D eigenvalue weighted by Gasteiger charge is 2.22. The maximum absolute atomic E-state index is 12.2. The van der Waals surface area contributed by atoms with Crippen molar-refractivity contribution in [3.05, 3.63) is 0 Å². The number of alkyl halides is 1. The smallest absolute Gasteiger partial charge is 0.309 e. The summed E-state index contributed by atoms with van der Waals surface area (Å²) in [6, 6.07) is 0. The van der Waals surface area contributed by atoms with Crippen LogP contribution in [0.25, 0.3) is 0 Å². The highest BCUT2D eigenvalue weighted by Crippen LogP contribution is 2.48. The maximum Gasteiger partial charge on any atom is 0.330 e. The summed E-state index contributed by atoms with van der Waals surface area (Å²) in [5, 5.41) is 1.12. The molecule has 3 nitrogen and oxygen atoms in total. The molecule has 0 saturated carbocycles. The van der Waals surface area contributed by atoms with Crippen LogP contribution in [0.5, 0.6) is 0 Å². The van der Waals surface area contributed by atoms with Crippen LogP contribution in [-0.2, 0) is 13.6 Å². The van der Waals surface area contributed by atoms with Gasteiger partial charge in [0.15, 0.2) is 0 Å².